The van der Waals surface area contributed by atoms with Gasteiger partial charge in [0.2, 0.25) is 5.91 Å². The van der Waals surface area contributed by atoms with Crippen LogP contribution in [0.1, 0.15) is 50.4 Å². The van der Waals surface area contributed by atoms with Crippen LogP contribution in [0.4, 0.5) is 5.69 Å². The number of halogens is 1. The van der Waals surface area contributed by atoms with Gasteiger partial charge in [-0.3, -0.25) is 4.79 Å². The second kappa shape index (κ2) is 8.03. The number of ether oxygens (including phenoxy) is 1. The van der Waals surface area contributed by atoms with Crippen molar-refractivity contribution in [1.29, 1.82) is 0 Å². The van der Waals surface area contributed by atoms with E-state index < -0.39 is 11.4 Å². The maximum Gasteiger partial charge on any atom is 0.366 e. The lowest BCUT2D eigenvalue weighted by atomic mass is 9.64. The summed E-state index contributed by atoms with van der Waals surface area (Å²) in [6.45, 7) is 6.35. The quantitative estimate of drug-likeness (QED) is 0.415. The first-order valence-corrected chi connectivity index (χ1v) is 11.4. The molecule has 7 heteroatoms. The summed E-state index contributed by atoms with van der Waals surface area (Å²) < 4.78 is 5.92. The molecule has 32 heavy (non-hydrogen) atoms. The van der Waals surface area contributed by atoms with Crippen molar-refractivity contribution in [2.24, 2.45) is 21.4 Å². The van der Waals surface area contributed by atoms with Gasteiger partial charge in [-0.15, -0.1) is 0 Å². The first-order chi connectivity index (χ1) is 15.1. The maximum atomic E-state index is 13.6. The predicted octanol–water partition coefficient (Wildman–Crippen LogP) is 5.83. The standard InChI is InChI=1S/C25H27BrN2O4/c1-23(2)24(3)12-13-25(23,22(30)27-16-8-7-9-17(14-16)31-4)15-20(24)28-32-21(29)18-10-5-6-11-19(18)26/h5-11,14H,12-13,15H2,1-4H3,(H,27,30)/b28-20-. The van der Waals surface area contributed by atoms with Gasteiger partial charge in [-0.1, -0.05) is 44.1 Å². The molecule has 2 aromatic rings. The van der Waals surface area contributed by atoms with E-state index >= 15 is 0 Å². The highest BCUT2D eigenvalue weighted by Gasteiger charge is 2.71. The van der Waals surface area contributed by atoms with E-state index in [1.165, 1.54) is 0 Å². The van der Waals surface area contributed by atoms with Crippen LogP contribution in [0.2, 0.25) is 0 Å². The number of hydrogen-bond acceptors (Lipinski definition) is 5. The molecule has 4 rings (SSSR count). The van der Waals surface area contributed by atoms with E-state index in [1.54, 1.807) is 31.4 Å². The summed E-state index contributed by atoms with van der Waals surface area (Å²) in [7, 11) is 1.60. The third kappa shape index (κ3) is 3.34. The van der Waals surface area contributed by atoms with Crippen LogP contribution in [0.5, 0.6) is 5.75 Å². The second-order valence-electron chi connectivity index (χ2n) is 9.30. The Morgan fingerprint density at radius 3 is 2.53 bits per heavy atom. The van der Waals surface area contributed by atoms with E-state index in [9.17, 15) is 9.59 Å². The maximum absolute atomic E-state index is 13.6. The normalized spacial score (nSPS) is 26.7. The number of nitrogens with one attached hydrogen (secondary N) is 1. The molecule has 168 valence electrons. The molecule has 1 amide bonds. The average molecular weight is 499 g/mol. The molecule has 0 saturated heterocycles. The van der Waals surface area contributed by atoms with Crippen molar-refractivity contribution in [2.75, 3.05) is 12.4 Å². The van der Waals surface area contributed by atoms with Crippen LogP contribution in [-0.2, 0) is 9.63 Å². The summed E-state index contributed by atoms with van der Waals surface area (Å²) >= 11 is 3.37. The molecule has 2 unspecified atom stereocenters. The SMILES string of the molecule is COc1cccc(NC(=O)C23CCC(C)(/C(=N\OC(=O)c4ccccc4Br)C2)C3(C)C)c1. The summed E-state index contributed by atoms with van der Waals surface area (Å²) in [4.78, 5) is 31.5. The summed E-state index contributed by atoms with van der Waals surface area (Å²) in [5, 5.41) is 7.38. The topological polar surface area (TPSA) is 77.0 Å². The minimum Gasteiger partial charge on any atom is -0.497 e. The van der Waals surface area contributed by atoms with Crippen LogP contribution in [0.25, 0.3) is 0 Å². The van der Waals surface area contributed by atoms with Gasteiger partial charge < -0.3 is 14.9 Å². The van der Waals surface area contributed by atoms with Crippen molar-refractivity contribution >= 4 is 39.2 Å². The Labute approximate surface area is 196 Å². The lowest BCUT2D eigenvalue weighted by molar-refractivity contribution is -0.130. The van der Waals surface area contributed by atoms with Crippen molar-refractivity contribution in [3.05, 3.63) is 58.6 Å². The summed E-state index contributed by atoms with van der Waals surface area (Å²) in [6.07, 6.45) is 2.01. The van der Waals surface area contributed by atoms with E-state index in [0.717, 1.165) is 18.6 Å². The van der Waals surface area contributed by atoms with Gasteiger partial charge in [0, 0.05) is 28.1 Å². The Hall–Kier alpha value is -2.67. The first kappa shape index (κ1) is 22.5. The highest BCUT2D eigenvalue weighted by atomic mass is 79.9. The third-order valence-corrected chi connectivity index (χ3v) is 8.52. The molecule has 2 atom stereocenters. The van der Waals surface area contributed by atoms with Crippen LogP contribution in [-0.4, -0.2) is 24.7 Å². The van der Waals surface area contributed by atoms with Gasteiger partial charge in [0.15, 0.2) is 0 Å². The summed E-state index contributed by atoms with van der Waals surface area (Å²) in [5.41, 5.74) is 0.529. The van der Waals surface area contributed by atoms with Gasteiger partial charge >= 0.3 is 5.97 Å². The Kier molecular flexibility index (Phi) is 5.65. The van der Waals surface area contributed by atoms with E-state index in [1.807, 2.05) is 24.3 Å². The first-order valence-electron chi connectivity index (χ1n) is 10.6. The van der Waals surface area contributed by atoms with Crippen LogP contribution >= 0.6 is 15.9 Å². The molecule has 2 aromatic carbocycles. The lowest BCUT2D eigenvalue weighted by Gasteiger charge is -2.39. The molecule has 2 aliphatic carbocycles. The van der Waals surface area contributed by atoms with Crippen LogP contribution in [0.15, 0.2) is 58.2 Å². The number of nitrogens with zero attached hydrogens (tertiary/aromatic N) is 1. The van der Waals surface area contributed by atoms with E-state index in [-0.39, 0.29) is 16.7 Å². The molecule has 0 spiro atoms. The van der Waals surface area contributed by atoms with E-state index in [4.69, 9.17) is 9.57 Å². The van der Waals surface area contributed by atoms with Gasteiger partial charge in [0.05, 0.1) is 23.8 Å². The average Bonchev–Trinajstić information content (AvgIpc) is 3.08. The zero-order chi connectivity index (χ0) is 23.1. The smallest absolute Gasteiger partial charge is 0.366 e. The van der Waals surface area contributed by atoms with E-state index in [0.29, 0.717) is 27.9 Å². The van der Waals surface area contributed by atoms with E-state index in [2.05, 4.69) is 47.2 Å². The minimum atomic E-state index is -0.636. The van der Waals surface area contributed by atoms with Crippen molar-refractivity contribution in [1.82, 2.24) is 0 Å². The lowest BCUT2D eigenvalue weighted by Crippen LogP contribution is -2.43. The fourth-order valence-corrected chi connectivity index (χ4v) is 5.69. The largest absolute Gasteiger partial charge is 0.497 e. The monoisotopic (exact) mass is 498 g/mol. The fraction of sp³-hybridized carbons (Fsp3) is 0.400. The Balaban J connectivity index is 1.59. The third-order valence-electron chi connectivity index (χ3n) is 7.83. The van der Waals surface area contributed by atoms with Gasteiger partial charge in [-0.05, 0) is 58.5 Å². The van der Waals surface area contributed by atoms with Crippen LogP contribution in [0.3, 0.4) is 0 Å². The highest BCUT2D eigenvalue weighted by molar-refractivity contribution is 9.10. The number of fused-ring (bicyclic) bond motifs is 2. The molecule has 2 saturated carbocycles. The van der Waals surface area contributed by atoms with Gasteiger partial charge in [0.25, 0.3) is 0 Å². The number of hydrogen-bond donors (Lipinski definition) is 1. The number of anilines is 1. The van der Waals surface area contributed by atoms with Crippen molar-refractivity contribution in [2.45, 2.75) is 40.0 Å². The molecule has 0 aliphatic heterocycles. The molecular weight excluding hydrogens is 472 g/mol. The van der Waals surface area contributed by atoms with Gasteiger partial charge in [-0.25, -0.2) is 4.79 Å². The molecule has 0 radical (unpaired) electrons. The molecule has 1 N–H and O–H groups in total. The number of methoxy groups -OCH3 is 1. The molecular formula is C25H27BrN2O4. The van der Waals surface area contributed by atoms with Crippen LogP contribution < -0.4 is 10.1 Å². The number of rotatable bonds is 5. The number of carbonyl (C=O) groups excluding carboxylic acids is 2. The molecule has 2 aliphatic rings. The van der Waals surface area contributed by atoms with Crippen molar-refractivity contribution in [3.63, 3.8) is 0 Å². The molecule has 0 heterocycles. The molecule has 2 fully saturated rings. The van der Waals surface area contributed by atoms with Crippen molar-refractivity contribution in [3.8, 4) is 5.75 Å². The number of oxime groups is 1. The second-order valence-corrected chi connectivity index (χ2v) is 10.2. The number of carbonyl (C=O) groups is 2. The Bertz CT molecular complexity index is 1110. The molecule has 0 aromatic heterocycles. The zero-order valence-corrected chi connectivity index (χ0v) is 20.3. The fourth-order valence-electron chi connectivity index (χ4n) is 5.25. The number of benzene rings is 2. The van der Waals surface area contributed by atoms with Gasteiger partial charge in [0.1, 0.15) is 5.75 Å². The molecule has 2 bridgehead atoms. The van der Waals surface area contributed by atoms with Crippen molar-refractivity contribution < 1.29 is 19.2 Å². The predicted molar refractivity (Wildman–Crippen MR) is 127 cm³/mol. The number of amides is 1. The highest BCUT2D eigenvalue weighted by Crippen LogP contribution is 2.71. The van der Waals surface area contributed by atoms with Crippen LogP contribution in [0, 0.1) is 16.2 Å². The summed E-state index contributed by atoms with van der Waals surface area (Å²) in [6, 6.07) is 14.4. The van der Waals surface area contributed by atoms with Gasteiger partial charge in [-0.2, -0.15) is 0 Å². The Morgan fingerprint density at radius 2 is 1.81 bits per heavy atom. The Morgan fingerprint density at radius 1 is 1.06 bits per heavy atom. The molecule has 6 nitrogen and oxygen atoms in total. The summed E-state index contributed by atoms with van der Waals surface area (Å²) in [5.74, 6) is 0.120. The zero-order valence-electron chi connectivity index (χ0n) is 18.7. The minimum absolute atomic E-state index is 0.0400.